The molecule has 3 aromatic rings. The standard InChI is InChI=1S/C19H17N3O4S/c1-3-26-18(24)16-15(12-7-9-13(25-2)10-8-12)21-19(27-16)22-17(23)14-6-4-5-11-20-14/h4-11H,3H2,1-2H3,(H,21,22,23). The second kappa shape index (κ2) is 8.41. The van der Waals surface area contributed by atoms with Crippen molar-refractivity contribution in [3.63, 3.8) is 0 Å². The summed E-state index contributed by atoms with van der Waals surface area (Å²) in [6.45, 7) is 1.98. The Kier molecular flexibility index (Phi) is 5.77. The average Bonchev–Trinajstić information content (AvgIpc) is 3.13. The summed E-state index contributed by atoms with van der Waals surface area (Å²) >= 11 is 1.06. The average molecular weight is 383 g/mol. The van der Waals surface area contributed by atoms with Crippen LogP contribution in [0, 0.1) is 0 Å². The van der Waals surface area contributed by atoms with E-state index in [4.69, 9.17) is 9.47 Å². The number of nitrogens with zero attached hydrogens (tertiary/aromatic N) is 2. The van der Waals surface area contributed by atoms with E-state index in [0.29, 0.717) is 27.0 Å². The van der Waals surface area contributed by atoms with E-state index in [-0.39, 0.29) is 12.3 Å². The summed E-state index contributed by atoms with van der Waals surface area (Å²) in [4.78, 5) is 33.4. The number of pyridine rings is 1. The highest BCUT2D eigenvalue weighted by molar-refractivity contribution is 7.18. The number of carbonyl (C=O) groups excluding carboxylic acids is 2. The number of hydrogen-bond acceptors (Lipinski definition) is 7. The molecule has 0 bridgehead atoms. The van der Waals surface area contributed by atoms with Crippen LogP contribution in [0.2, 0.25) is 0 Å². The van der Waals surface area contributed by atoms with E-state index in [1.165, 1.54) is 6.20 Å². The fourth-order valence-corrected chi connectivity index (χ4v) is 3.19. The van der Waals surface area contributed by atoms with E-state index in [1.807, 2.05) is 0 Å². The molecule has 0 radical (unpaired) electrons. The number of thiazole rings is 1. The number of nitrogens with one attached hydrogen (secondary N) is 1. The van der Waals surface area contributed by atoms with Crippen molar-refractivity contribution < 1.29 is 19.1 Å². The molecule has 0 aliphatic carbocycles. The molecule has 0 aliphatic rings. The molecule has 0 saturated carbocycles. The van der Waals surface area contributed by atoms with Crippen molar-refractivity contribution in [1.82, 2.24) is 9.97 Å². The van der Waals surface area contributed by atoms with Gasteiger partial charge in [0.15, 0.2) is 5.13 Å². The predicted octanol–water partition coefficient (Wildman–Crippen LogP) is 3.64. The number of benzene rings is 1. The lowest BCUT2D eigenvalue weighted by Gasteiger charge is -2.04. The molecule has 27 heavy (non-hydrogen) atoms. The number of ether oxygens (including phenoxy) is 2. The summed E-state index contributed by atoms with van der Waals surface area (Å²) in [5.41, 5.74) is 1.42. The topological polar surface area (TPSA) is 90.4 Å². The smallest absolute Gasteiger partial charge is 0.350 e. The summed E-state index contributed by atoms with van der Waals surface area (Å²) in [5, 5.41) is 2.97. The van der Waals surface area contributed by atoms with Crippen molar-refractivity contribution in [3.05, 3.63) is 59.2 Å². The zero-order valence-corrected chi connectivity index (χ0v) is 15.6. The largest absolute Gasteiger partial charge is 0.497 e. The minimum atomic E-state index is -0.487. The fourth-order valence-electron chi connectivity index (χ4n) is 2.31. The molecule has 1 aromatic carbocycles. The molecular weight excluding hydrogens is 366 g/mol. The Morgan fingerprint density at radius 1 is 1.15 bits per heavy atom. The Hall–Kier alpha value is -3.26. The number of rotatable bonds is 6. The van der Waals surface area contributed by atoms with Gasteiger partial charge in [0.1, 0.15) is 16.3 Å². The van der Waals surface area contributed by atoms with E-state index >= 15 is 0 Å². The van der Waals surface area contributed by atoms with Crippen LogP contribution in [-0.4, -0.2) is 35.6 Å². The van der Waals surface area contributed by atoms with Crippen LogP contribution >= 0.6 is 11.3 Å². The summed E-state index contributed by atoms with van der Waals surface area (Å²) in [5.74, 6) is -0.199. The van der Waals surface area contributed by atoms with Crippen molar-refractivity contribution in [2.24, 2.45) is 0 Å². The summed E-state index contributed by atoms with van der Waals surface area (Å²) < 4.78 is 10.3. The molecule has 138 valence electrons. The van der Waals surface area contributed by atoms with Crippen molar-refractivity contribution in [2.45, 2.75) is 6.92 Å². The van der Waals surface area contributed by atoms with Crippen LogP contribution in [0.15, 0.2) is 48.7 Å². The molecule has 2 aromatic heterocycles. The Labute approximate surface area is 160 Å². The van der Waals surface area contributed by atoms with E-state index in [2.05, 4.69) is 15.3 Å². The fraction of sp³-hybridized carbons (Fsp3) is 0.158. The predicted molar refractivity (Wildman–Crippen MR) is 102 cm³/mol. The number of aromatic nitrogens is 2. The number of amides is 1. The lowest BCUT2D eigenvalue weighted by Crippen LogP contribution is -2.13. The van der Waals surface area contributed by atoms with Gasteiger partial charge in [0.2, 0.25) is 0 Å². The van der Waals surface area contributed by atoms with E-state index in [1.54, 1.807) is 56.5 Å². The van der Waals surface area contributed by atoms with Crippen LogP contribution in [0.1, 0.15) is 27.1 Å². The molecule has 3 rings (SSSR count). The molecule has 0 saturated heterocycles. The Balaban J connectivity index is 1.93. The van der Waals surface area contributed by atoms with E-state index in [0.717, 1.165) is 11.3 Å². The van der Waals surface area contributed by atoms with Gasteiger partial charge in [-0.1, -0.05) is 17.4 Å². The van der Waals surface area contributed by atoms with Gasteiger partial charge < -0.3 is 9.47 Å². The van der Waals surface area contributed by atoms with E-state index in [9.17, 15) is 9.59 Å². The molecule has 0 atom stereocenters. The van der Waals surface area contributed by atoms with Gasteiger partial charge in [-0.2, -0.15) is 0 Å². The molecule has 2 heterocycles. The van der Waals surface area contributed by atoms with Gasteiger partial charge in [0.05, 0.1) is 19.4 Å². The molecule has 0 spiro atoms. The molecule has 1 N–H and O–H groups in total. The minimum Gasteiger partial charge on any atom is -0.497 e. The zero-order chi connectivity index (χ0) is 19.2. The number of anilines is 1. The van der Waals surface area contributed by atoms with Gasteiger partial charge in [0, 0.05) is 11.8 Å². The van der Waals surface area contributed by atoms with Crippen LogP contribution in [0.3, 0.4) is 0 Å². The first-order chi connectivity index (χ1) is 13.1. The number of esters is 1. The van der Waals surface area contributed by atoms with Crippen LogP contribution in [0.4, 0.5) is 5.13 Å². The number of hydrogen-bond donors (Lipinski definition) is 1. The third kappa shape index (κ3) is 4.29. The zero-order valence-electron chi connectivity index (χ0n) is 14.8. The molecule has 0 unspecified atom stereocenters. The van der Waals surface area contributed by atoms with Gasteiger partial charge in [-0.05, 0) is 43.3 Å². The highest BCUT2D eigenvalue weighted by Gasteiger charge is 2.22. The van der Waals surface area contributed by atoms with Crippen molar-refractivity contribution in [1.29, 1.82) is 0 Å². The maximum atomic E-state index is 12.3. The first-order valence-corrected chi connectivity index (χ1v) is 8.98. The quantitative estimate of drug-likeness (QED) is 0.654. The maximum absolute atomic E-state index is 12.3. The van der Waals surface area contributed by atoms with Crippen LogP contribution < -0.4 is 10.1 Å². The molecular formula is C19H17N3O4S. The minimum absolute atomic E-state index is 0.244. The van der Waals surface area contributed by atoms with Crippen molar-refractivity contribution >= 4 is 28.3 Å². The third-order valence-electron chi connectivity index (χ3n) is 3.57. The van der Waals surface area contributed by atoms with Crippen LogP contribution in [0.25, 0.3) is 11.3 Å². The van der Waals surface area contributed by atoms with Gasteiger partial charge in [-0.15, -0.1) is 0 Å². The second-order valence-corrected chi connectivity index (χ2v) is 6.31. The van der Waals surface area contributed by atoms with Crippen molar-refractivity contribution in [3.8, 4) is 17.0 Å². The Morgan fingerprint density at radius 2 is 1.93 bits per heavy atom. The monoisotopic (exact) mass is 383 g/mol. The van der Waals surface area contributed by atoms with Gasteiger partial charge in [-0.25, -0.2) is 9.78 Å². The first kappa shape index (κ1) is 18.5. The lowest BCUT2D eigenvalue weighted by molar-refractivity contribution is 0.0532. The summed E-state index contributed by atoms with van der Waals surface area (Å²) in [6, 6.07) is 12.2. The van der Waals surface area contributed by atoms with Gasteiger partial charge in [0.25, 0.3) is 5.91 Å². The summed E-state index contributed by atoms with van der Waals surface area (Å²) in [6.07, 6.45) is 1.53. The first-order valence-electron chi connectivity index (χ1n) is 8.17. The molecule has 8 heteroatoms. The molecule has 7 nitrogen and oxygen atoms in total. The lowest BCUT2D eigenvalue weighted by atomic mass is 10.1. The molecule has 0 fully saturated rings. The maximum Gasteiger partial charge on any atom is 0.350 e. The SMILES string of the molecule is CCOC(=O)c1sc(NC(=O)c2ccccn2)nc1-c1ccc(OC)cc1. The molecule has 1 amide bonds. The third-order valence-corrected chi connectivity index (χ3v) is 4.52. The number of carbonyl (C=O) groups is 2. The van der Waals surface area contributed by atoms with E-state index < -0.39 is 11.9 Å². The summed E-state index contributed by atoms with van der Waals surface area (Å²) in [7, 11) is 1.58. The normalized spacial score (nSPS) is 10.3. The highest BCUT2D eigenvalue weighted by atomic mass is 32.1. The van der Waals surface area contributed by atoms with Crippen LogP contribution in [0.5, 0.6) is 5.75 Å². The van der Waals surface area contributed by atoms with Gasteiger partial charge in [-0.3, -0.25) is 15.1 Å². The van der Waals surface area contributed by atoms with Crippen molar-refractivity contribution in [2.75, 3.05) is 19.0 Å². The Bertz CT molecular complexity index is 939. The van der Waals surface area contributed by atoms with Gasteiger partial charge >= 0.3 is 5.97 Å². The van der Waals surface area contributed by atoms with Crippen LogP contribution in [-0.2, 0) is 4.74 Å². The number of methoxy groups -OCH3 is 1. The molecule has 0 aliphatic heterocycles. The highest BCUT2D eigenvalue weighted by Crippen LogP contribution is 2.33. The second-order valence-electron chi connectivity index (χ2n) is 5.31. The Morgan fingerprint density at radius 3 is 2.56 bits per heavy atom.